The molecule has 2 rings (SSSR count). The van der Waals surface area contributed by atoms with E-state index in [1.165, 1.54) is 11.1 Å². The van der Waals surface area contributed by atoms with Gasteiger partial charge in [-0.1, -0.05) is 58.4 Å². The smallest absolute Gasteiger partial charge is 0.0659 e. The first-order valence-corrected chi connectivity index (χ1v) is 6.46. The van der Waals surface area contributed by atoms with Crippen LogP contribution in [0.3, 0.4) is 0 Å². The van der Waals surface area contributed by atoms with E-state index in [0.29, 0.717) is 0 Å². The SMILES string of the molecule is CNC(C)(c1ccccc1)c1cccc(Br)c1. The van der Waals surface area contributed by atoms with Gasteiger partial charge in [0.2, 0.25) is 0 Å². The van der Waals surface area contributed by atoms with Crippen molar-refractivity contribution in [2.24, 2.45) is 0 Å². The van der Waals surface area contributed by atoms with Crippen molar-refractivity contribution in [3.05, 3.63) is 70.2 Å². The van der Waals surface area contributed by atoms with E-state index in [4.69, 9.17) is 0 Å². The Kier molecular flexibility index (Phi) is 3.65. The maximum Gasteiger partial charge on any atom is 0.0659 e. The Bertz CT molecular complexity index is 495. The van der Waals surface area contributed by atoms with E-state index in [9.17, 15) is 0 Å². The summed E-state index contributed by atoms with van der Waals surface area (Å²) in [5, 5.41) is 3.42. The van der Waals surface area contributed by atoms with Gasteiger partial charge in [0.05, 0.1) is 5.54 Å². The maximum atomic E-state index is 3.53. The molecule has 0 aliphatic heterocycles. The molecule has 0 radical (unpaired) electrons. The summed E-state index contributed by atoms with van der Waals surface area (Å²) in [6.07, 6.45) is 0. The lowest BCUT2D eigenvalue weighted by molar-refractivity contribution is 0.484. The van der Waals surface area contributed by atoms with Crippen LogP contribution in [0, 0.1) is 0 Å². The molecule has 0 saturated heterocycles. The summed E-state index contributed by atoms with van der Waals surface area (Å²) < 4.78 is 1.10. The van der Waals surface area contributed by atoms with Gasteiger partial charge in [0.25, 0.3) is 0 Å². The Hall–Kier alpha value is -1.12. The van der Waals surface area contributed by atoms with Crippen molar-refractivity contribution in [1.29, 1.82) is 0 Å². The number of hydrogen-bond donors (Lipinski definition) is 1. The van der Waals surface area contributed by atoms with E-state index in [-0.39, 0.29) is 5.54 Å². The van der Waals surface area contributed by atoms with Crippen LogP contribution < -0.4 is 5.32 Å². The first-order valence-electron chi connectivity index (χ1n) is 5.67. The number of halogens is 1. The van der Waals surface area contributed by atoms with Crippen LogP contribution in [0.15, 0.2) is 59.1 Å². The Balaban J connectivity index is 2.52. The number of nitrogens with one attached hydrogen (secondary N) is 1. The van der Waals surface area contributed by atoms with Crippen LogP contribution in [0.25, 0.3) is 0 Å². The lowest BCUT2D eigenvalue weighted by atomic mass is 9.85. The number of rotatable bonds is 3. The monoisotopic (exact) mass is 289 g/mol. The fourth-order valence-electron chi connectivity index (χ4n) is 2.03. The first-order chi connectivity index (χ1) is 8.16. The molecule has 17 heavy (non-hydrogen) atoms. The van der Waals surface area contributed by atoms with Gasteiger partial charge in [-0.25, -0.2) is 0 Å². The van der Waals surface area contributed by atoms with Gasteiger partial charge in [-0.2, -0.15) is 0 Å². The molecule has 0 bridgehead atoms. The zero-order valence-corrected chi connectivity index (χ0v) is 11.7. The van der Waals surface area contributed by atoms with Crippen LogP contribution in [-0.2, 0) is 5.54 Å². The molecule has 1 N–H and O–H groups in total. The van der Waals surface area contributed by atoms with Crippen molar-refractivity contribution in [1.82, 2.24) is 5.32 Å². The average Bonchev–Trinajstić information content (AvgIpc) is 2.39. The van der Waals surface area contributed by atoms with Gasteiger partial charge in [-0.15, -0.1) is 0 Å². The molecule has 0 spiro atoms. The van der Waals surface area contributed by atoms with Gasteiger partial charge in [0.15, 0.2) is 0 Å². The van der Waals surface area contributed by atoms with Crippen LogP contribution in [0.4, 0.5) is 0 Å². The molecule has 2 aromatic carbocycles. The third kappa shape index (κ3) is 2.43. The van der Waals surface area contributed by atoms with Crippen LogP contribution in [-0.4, -0.2) is 7.05 Å². The zero-order valence-electron chi connectivity index (χ0n) is 10.1. The summed E-state index contributed by atoms with van der Waals surface area (Å²) in [6.45, 7) is 2.20. The summed E-state index contributed by atoms with van der Waals surface area (Å²) in [5.74, 6) is 0. The quantitative estimate of drug-likeness (QED) is 0.903. The average molecular weight is 290 g/mol. The highest BCUT2D eigenvalue weighted by Crippen LogP contribution is 2.30. The molecule has 0 aliphatic rings. The van der Waals surface area contributed by atoms with E-state index < -0.39 is 0 Å². The summed E-state index contributed by atoms with van der Waals surface area (Å²) >= 11 is 3.53. The lowest BCUT2D eigenvalue weighted by Crippen LogP contribution is -2.37. The second-order valence-electron chi connectivity index (χ2n) is 4.25. The van der Waals surface area contributed by atoms with E-state index in [2.05, 4.69) is 70.6 Å². The molecule has 0 amide bonds. The molecule has 0 aromatic heterocycles. The van der Waals surface area contributed by atoms with Crippen LogP contribution in [0.5, 0.6) is 0 Å². The van der Waals surface area contributed by atoms with Gasteiger partial charge < -0.3 is 5.32 Å². The Labute approximate surface area is 111 Å². The summed E-state index contributed by atoms with van der Waals surface area (Å²) in [6, 6.07) is 18.9. The summed E-state index contributed by atoms with van der Waals surface area (Å²) in [7, 11) is 1.99. The molecule has 1 unspecified atom stereocenters. The fraction of sp³-hybridized carbons (Fsp3) is 0.200. The fourth-order valence-corrected chi connectivity index (χ4v) is 2.43. The highest BCUT2D eigenvalue weighted by Gasteiger charge is 2.26. The van der Waals surface area contributed by atoms with Crippen molar-refractivity contribution in [3.8, 4) is 0 Å². The van der Waals surface area contributed by atoms with Gasteiger partial charge in [-0.3, -0.25) is 0 Å². The molecule has 1 nitrogen and oxygen atoms in total. The molecule has 0 saturated carbocycles. The minimum Gasteiger partial charge on any atom is -0.307 e. The number of hydrogen-bond acceptors (Lipinski definition) is 1. The highest BCUT2D eigenvalue weighted by atomic mass is 79.9. The third-order valence-corrected chi connectivity index (χ3v) is 3.75. The normalized spacial score (nSPS) is 14.3. The van der Waals surface area contributed by atoms with Gasteiger partial charge in [-0.05, 0) is 37.2 Å². The van der Waals surface area contributed by atoms with Crippen LogP contribution in [0.2, 0.25) is 0 Å². The molecule has 0 aliphatic carbocycles. The second-order valence-corrected chi connectivity index (χ2v) is 5.17. The van der Waals surface area contributed by atoms with E-state index in [0.717, 1.165) is 4.47 Å². The molecule has 88 valence electrons. The van der Waals surface area contributed by atoms with E-state index >= 15 is 0 Å². The van der Waals surface area contributed by atoms with Gasteiger partial charge in [0.1, 0.15) is 0 Å². The van der Waals surface area contributed by atoms with Crippen molar-refractivity contribution in [2.45, 2.75) is 12.5 Å². The Morgan fingerprint density at radius 2 is 1.59 bits per heavy atom. The minimum atomic E-state index is -0.162. The minimum absolute atomic E-state index is 0.162. The molecular weight excluding hydrogens is 274 g/mol. The topological polar surface area (TPSA) is 12.0 Å². The lowest BCUT2D eigenvalue weighted by Gasteiger charge is -2.30. The standard InChI is InChI=1S/C15H16BrN/c1-15(17-2,12-7-4-3-5-8-12)13-9-6-10-14(16)11-13/h3-11,17H,1-2H3. The summed E-state index contributed by atoms with van der Waals surface area (Å²) in [4.78, 5) is 0. The van der Waals surface area contributed by atoms with Crippen molar-refractivity contribution < 1.29 is 0 Å². The molecule has 2 aromatic rings. The molecular formula is C15H16BrN. The van der Waals surface area contributed by atoms with Crippen LogP contribution in [0.1, 0.15) is 18.1 Å². The first kappa shape index (κ1) is 12.3. The maximum absolute atomic E-state index is 3.53. The zero-order chi connectivity index (χ0) is 12.3. The molecule has 1 atom stereocenters. The Morgan fingerprint density at radius 3 is 2.18 bits per heavy atom. The predicted octanol–water partition coefficient (Wildman–Crippen LogP) is 3.93. The summed E-state index contributed by atoms with van der Waals surface area (Å²) in [5.41, 5.74) is 2.35. The van der Waals surface area contributed by atoms with E-state index in [1.807, 2.05) is 19.2 Å². The largest absolute Gasteiger partial charge is 0.307 e. The second kappa shape index (κ2) is 5.03. The van der Waals surface area contributed by atoms with Crippen LogP contribution >= 0.6 is 15.9 Å². The van der Waals surface area contributed by atoms with Crippen molar-refractivity contribution in [2.75, 3.05) is 7.05 Å². The number of benzene rings is 2. The Morgan fingerprint density at radius 1 is 0.941 bits per heavy atom. The van der Waals surface area contributed by atoms with E-state index in [1.54, 1.807) is 0 Å². The highest BCUT2D eigenvalue weighted by molar-refractivity contribution is 9.10. The van der Waals surface area contributed by atoms with Gasteiger partial charge in [0, 0.05) is 4.47 Å². The molecule has 2 heteroatoms. The molecule has 0 heterocycles. The van der Waals surface area contributed by atoms with Gasteiger partial charge >= 0.3 is 0 Å². The predicted molar refractivity (Wildman–Crippen MR) is 76.1 cm³/mol. The van der Waals surface area contributed by atoms with Crippen molar-refractivity contribution in [3.63, 3.8) is 0 Å². The van der Waals surface area contributed by atoms with Crippen molar-refractivity contribution >= 4 is 15.9 Å². The third-order valence-electron chi connectivity index (χ3n) is 3.25. The molecule has 0 fully saturated rings.